The first kappa shape index (κ1) is 33.1. The van der Waals surface area contributed by atoms with E-state index >= 15 is 0 Å². The average Bonchev–Trinajstić information content (AvgIpc) is 2.96. The summed E-state index contributed by atoms with van der Waals surface area (Å²) < 4.78 is 37.3. The maximum atomic E-state index is 10.8. The van der Waals surface area contributed by atoms with E-state index < -0.39 is 137 Å². The molecule has 19 nitrogen and oxygen atoms in total. The van der Waals surface area contributed by atoms with E-state index in [4.69, 9.17) is 33.2 Å². The minimum Gasteiger partial charge on any atom is -0.394 e. The molecule has 4 fully saturated rings. The second-order valence-electron chi connectivity index (χ2n) is 10.2. The van der Waals surface area contributed by atoms with E-state index in [-0.39, 0.29) is 0 Å². The predicted octanol–water partition coefficient (Wildman–Crippen LogP) is -8.47. The van der Waals surface area contributed by atoms with Crippen molar-refractivity contribution in [2.24, 2.45) is 0 Å². The Kier molecular flexibility index (Phi) is 11.2. The maximum Gasteiger partial charge on any atom is 0.187 e. The maximum absolute atomic E-state index is 10.8. The normalized spacial score (nSPS) is 53.3. The molecule has 0 aromatic carbocycles. The van der Waals surface area contributed by atoms with Gasteiger partial charge in [-0.3, -0.25) is 0 Å². The third-order valence-corrected chi connectivity index (χ3v) is 7.47. The Balaban J connectivity index is 1.39. The van der Waals surface area contributed by atoms with Gasteiger partial charge >= 0.3 is 0 Å². The number of ether oxygens (including phenoxy) is 7. The van der Waals surface area contributed by atoms with E-state index in [0.29, 0.717) is 0 Å². The Morgan fingerprint density at radius 2 is 0.951 bits per heavy atom. The lowest BCUT2D eigenvalue weighted by atomic mass is 9.97. The van der Waals surface area contributed by atoms with Crippen molar-refractivity contribution in [1.29, 1.82) is 0 Å². The van der Waals surface area contributed by atoms with Crippen LogP contribution in [-0.4, -0.2) is 198 Å². The topological polar surface area (TPSA) is 307 Å². The number of aliphatic hydroxyl groups excluding tert-OH is 12. The first-order valence-electron chi connectivity index (χ1n) is 12.9. The molecule has 4 heterocycles. The molecule has 0 unspecified atom stereocenters. The number of hydrogen-bond donors (Lipinski definition) is 12. The summed E-state index contributed by atoms with van der Waals surface area (Å²) >= 11 is 0. The van der Waals surface area contributed by atoms with Gasteiger partial charge in [-0.25, -0.2) is 0 Å². The zero-order valence-electron chi connectivity index (χ0n) is 21.4. The molecule has 0 bridgehead atoms. The van der Waals surface area contributed by atoms with Crippen molar-refractivity contribution < 1.29 is 94.4 Å². The fourth-order valence-electron chi connectivity index (χ4n) is 4.91. The molecule has 0 aromatic rings. The molecule has 18 atom stereocenters. The molecular weight excluding hydrogens is 568 g/mol. The van der Waals surface area contributed by atoms with Crippen molar-refractivity contribution in [3.05, 3.63) is 0 Å². The van der Waals surface area contributed by atoms with Crippen LogP contribution in [0.3, 0.4) is 0 Å². The van der Waals surface area contributed by atoms with E-state index in [0.717, 1.165) is 0 Å². The summed E-state index contributed by atoms with van der Waals surface area (Å²) in [5.74, 6) is 0. The fourth-order valence-corrected chi connectivity index (χ4v) is 4.91. The zero-order chi connectivity index (χ0) is 30.2. The van der Waals surface area contributed by atoms with Gasteiger partial charge in [-0.1, -0.05) is 0 Å². The van der Waals surface area contributed by atoms with Gasteiger partial charge in [0.05, 0.1) is 26.4 Å². The average molecular weight is 607 g/mol. The van der Waals surface area contributed by atoms with Crippen LogP contribution >= 0.6 is 0 Å². The molecule has 4 aliphatic rings. The Morgan fingerprint density at radius 3 is 1.54 bits per heavy atom. The molecule has 4 saturated heterocycles. The van der Waals surface area contributed by atoms with Crippen molar-refractivity contribution in [3.8, 4) is 0 Å². The van der Waals surface area contributed by atoms with E-state index in [1.165, 1.54) is 0 Å². The molecule has 12 N–H and O–H groups in total. The van der Waals surface area contributed by atoms with Crippen LogP contribution in [0.25, 0.3) is 0 Å². The quantitative estimate of drug-likeness (QED) is 0.122. The number of hydrogen-bond acceptors (Lipinski definition) is 19. The molecule has 0 aliphatic carbocycles. The molecule has 240 valence electrons. The van der Waals surface area contributed by atoms with Crippen LogP contribution in [0.2, 0.25) is 0 Å². The molecule has 19 heteroatoms. The van der Waals surface area contributed by atoms with Gasteiger partial charge in [0.15, 0.2) is 25.2 Å². The van der Waals surface area contributed by atoms with Crippen LogP contribution in [0, 0.1) is 0 Å². The van der Waals surface area contributed by atoms with Crippen LogP contribution in [0.4, 0.5) is 0 Å². The lowest BCUT2D eigenvalue weighted by molar-refractivity contribution is -0.374. The summed E-state index contributed by atoms with van der Waals surface area (Å²) in [6, 6.07) is 0. The molecule has 0 radical (unpaired) electrons. The summed E-state index contributed by atoms with van der Waals surface area (Å²) in [5.41, 5.74) is 0. The molecule has 0 aromatic heterocycles. The lowest BCUT2D eigenvalue weighted by Gasteiger charge is -2.47. The molecular formula is C22H38O19. The minimum atomic E-state index is -1.89. The highest BCUT2D eigenvalue weighted by molar-refractivity contribution is 4.95. The van der Waals surface area contributed by atoms with Crippen molar-refractivity contribution in [3.63, 3.8) is 0 Å². The lowest BCUT2D eigenvalue weighted by Crippen LogP contribution is -2.65. The second kappa shape index (κ2) is 13.9. The van der Waals surface area contributed by atoms with Crippen LogP contribution in [0.1, 0.15) is 0 Å². The molecule has 0 spiro atoms. The number of aliphatic hydroxyl groups is 12. The van der Waals surface area contributed by atoms with Gasteiger partial charge in [0.1, 0.15) is 85.5 Å². The smallest absolute Gasteiger partial charge is 0.187 e. The highest BCUT2D eigenvalue weighted by atomic mass is 16.8. The van der Waals surface area contributed by atoms with Gasteiger partial charge in [0, 0.05) is 0 Å². The Bertz CT molecular complexity index is 822. The summed E-state index contributed by atoms with van der Waals surface area (Å²) in [7, 11) is 0. The summed E-state index contributed by atoms with van der Waals surface area (Å²) in [6.07, 6.45) is -29.6. The SMILES string of the molecule is OC[C@H]1O[C@@H](O[C@H]2CO[C@@H](O[C@@H]3[C@H](O)[C@H](O[C@@H]4CO[C@@H](O)[C@H](O)[C@H]4O)O[C@H](CO)[C@H]3O)[C@H](O)[C@H]2O)[C@H](O)[C@@H](O)[C@@H]1O. The second-order valence-corrected chi connectivity index (χ2v) is 10.2. The van der Waals surface area contributed by atoms with E-state index in [9.17, 15) is 61.3 Å². The molecule has 4 rings (SSSR count). The van der Waals surface area contributed by atoms with Crippen molar-refractivity contribution in [2.45, 2.75) is 111 Å². The predicted molar refractivity (Wildman–Crippen MR) is 122 cm³/mol. The number of rotatable bonds is 8. The van der Waals surface area contributed by atoms with Crippen LogP contribution in [-0.2, 0) is 33.2 Å². The molecule has 41 heavy (non-hydrogen) atoms. The Labute approximate surface area is 232 Å². The van der Waals surface area contributed by atoms with E-state index in [2.05, 4.69) is 0 Å². The minimum absolute atomic E-state index is 0.420. The van der Waals surface area contributed by atoms with Gasteiger partial charge in [0.2, 0.25) is 0 Å². The standard InChI is InChI=1S/C22H38O19/c23-1-5-9(25)13(29)16(32)21(37-5)39-8-4-36-20(15(31)11(8)27)41-18-12(28)6(2-24)38-22(17(18)33)40-7-3-35-19(34)14(30)10(7)26/h5-34H,1-4H2/t5-,6-,7-,8+,9-,10+,11+,12-,13+,14-,15-,16-,17+,18+,19-,20+,21+,22+/m1/s1. The highest BCUT2D eigenvalue weighted by Crippen LogP contribution is 2.31. The van der Waals surface area contributed by atoms with Crippen molar-refractivity contribution in [1.82, 2.24) is 0 Å². The largest absolute Gasteiger partial charge is 0.394 e. The third-order valence-electron chi connectivity index (χ3n) is 7.47. The molecule has 4 aliphatic heterocycles. The first-order chi connectivity index (χ1) is 19.4. The van der Waals surface area contributed by atoms with Crippen LogP contribution in [0.5, 0.6) is 0 Å². The highest BCUT2D eigenvalue weighted by Gasteiger charge is 2.52. The summed E-state index contributed by atoms with van der Waals surface area (Å²) in [5, 5.41) is 121. The summed E-state index contributed by atoms with van der Waals surface area (Å²) in [6.45, 7) is -2.44. The fraction of sp³-hybridized carbons (Fsp3) is 1.00. The zero-order valence-corrected chi connectivity index (χ0v) is 21.4. The molecule has 0 amide bonds. The van der Waals surface area contributed by atoms with Gasteiger partial charge in [-0.05, 0) is 0 Å². The van der Waals surface area contributed by atoms with Crippen molar-refractivity contribution >= 4 is 0 Å². The van der Waals surface area contributed by atoms with Gasteiger partial charge in [0.25, 0.3) is 0 Å². The van der Waals surface area contributed by atoms with Crippen LogP contribution in [0.15, 0.2) is 0 Å². The monoisotopic (exact) mass is 606 g/mol. The van der Waals surface area contributed by atoms with Gasteiger partial charge in [-0.2, -0.15) is 0 Å². The van der Waals surface area contributed by atoms with Crippen molar-refractivity contribution in [2.75, 3.05) is 26.4 Å². The third kappa shape index (κ3) is 6.83. The van der Waals surface area contributed by atoms with Gasteiger partial charge in [-0.15, -0.1) is 0 Å². The Hall–Kier alpha value is -0.760. The van der Waals surface area contributed by atoms with E-state index in [1.807, 2.05) is 0 Å². The van der Waals surface area contributed by atoms with Gasteiger partial charge < -0.3 is 94.4 Å². The Morgan fingerprint density at radius 1 is 0.463 bits per heavy atom. The summed E-state index contributed by atoms with van der Waals surface area (Å²) in [4.78, 5) is 0. The van der Waals surface area contributed by atoms with E-state index in [1.54, 1.807) is 0 Å². The molecule has 0 saturated carbocycles. The first-order valence-corrected chi connectivity index (χ1v) is 12.9. The van der Waals surface area contributed by atoms with Crippen LogP contribution < -0.4 is 0 Å².